The fourth-order valence-corrected chi connectivity index (χ4v) is 3.84. The Morgan fingerprint density at radius 1 is 1.24 bits per heavy atom. The van der Waals surface area contributed by atoms with Crippen LogP contribution >= 0.6 is 11.6 Å². The van der Waals surface area contributed by atoms with Gasteiger partial charge < -0.3 is 18.9 Å². The van der Waals surface area contributed by atoms with E-state index in [0.717, 1.165) is 44.1 Å². The van der Waals surface area contributed by atoms with E-state index in [9.17, 15) is 4.79 Å². The molecule has 0 N–H and O–H groups in total. The predicted octanol–water partition coefficient (Wildman–Crippen LogP) is 2.55. The number of carbonyl (C=O) groups is 1. The summed E-state index contributed by atoms with van der Waals surface area (Å²) in [4.78, 5) is 22.5. The standard InChI is InChI=1S/C20H31BClN3O4/c1-19(2)20(3,4)29-21(28-19)15-13-23-18(24-14-15)27-11-7-9-16-8-5-6-10-25(16)17(26)12-22/h13-14,16H,5-12H2,1-4H3/t16-/m1/s1. The Bertz CT molecular complexity index is 685. The van der Waals surface area contributed by atoms with Gasteiger partial charge in [-0.2, -0.15) is 0 Å². The summed E-state index contributed by atoms with van der Waals surface area (Å²) in [5.74, 6) is 0.0783. The zero-order valence-corrected chi connectivity index (χ0v) is 18.6. The number of alkyl halides is 1. The molecule has 0 aliphatic carbocycles. The molecule has 0 spiro atoms. The topological polar surface area (TPSA) is 73.8 Å². The Labute approximate surface area is 178 Å². The highest BCUT2D eigenvalue weighted by molar-refractivity contribution is 6.61. The molecule has 1 amide bonds. The Morgan fingerprint density at radius 2 is 1.90 bits per heavy atom. The van der Waals surface area contributed by atoms with Crippen molar-refractivity contribution in [1.29, 1.82) is 0 Å². The molecule has 0 bridgehead atoms. The van der Waals surface area contributed by atoms with E-state index in [1.54, 1.807) is 12.4 Å². The first kappa shape index (κ1) is 22.3. The summed E-state index contributed by atoms with van der Waals surface area (Å²) in [6.07, 6.45) is 8.34. The molecule has 3 heterocycles. The predicted molar refractivity (Wildman–Crippen MR) is 113 cm³/mol. The quantitative estimate of drug-likeness (QED) is 0.381. The van der Waals surface area contributed by atoms with Crippen LogP contribution < -0.4 is 10.2 Å². The van der Waals surface area contributed by atoms with Gasteiger partial charge in [-0.05, 0) is 59.8 Å². The molecule has 0 radical (unpaired) electrons. The van der Waals surface area contributed by atoms with Gasteiger partial charge in [0.2, 0.25) is 5.91 Å². The van der Waals surface area contributed by atoms with E-state index in [1.165, 1.54) is 0 Å². The zero-order chi connectivity index (χ0) is 21.1. The van der Waals surface area contributed by atoms with Gasteiger partial charge in [-0.3, -0.25) is 4.79 Å². The van der Waals surface area contributed by atoms with Crippen LogP contribution in [0.1, 0.15) is 59.8 Å². The highest BCUT2D eigenvalue weighted by Crippen LogP contribution is 2.36. The fraction of sp³-hybridized carbons (Fsp3) is 0.750. The largest absolute Gasteiger partial charge is 0.498 e. The lowest BCUT2D eigenvalue weighted by atomic mass is 9.81. The summed E-state index contributed by atoms with van der Waals surface area (Å²) in [5.41, 5.74) is -0.0246. The van der Waals surface area contributed by atoms with Crippen LogP contribution in [0.15, 0.2) is 12.4 Å². The van der Waals surface area contributed by atoms with Crippen molar-refractivity contribution in [3.8, 4) is 6.01 Å². The minimum atomic E-state index is -0.481. The first-order valence-corrected chi connectivity index (χ1v) is 10.9. The molecule has 1 atom stereocenters. The third kappa shape index (κ3) is 5.22. The van der Waals surface area contributed by atoms with E-state index < -0.39 is 18.3 Å². The van der Waals surface area contributed by atoms with E-state index in [2.05, 4.69) is 9.97 Å². The van der Waals surface area contributed by atoms with Gasteiger partial charge in [0.1, 0.15) is 5.88 Å². The van der Waals surface area contributed by atoms with Crippen molar-refractivity contribution < 1.29 is 18.8 Å². The minimum absolute atomic E-state index is 0.0268. The molecule has 1 aromatic rings. The van der Waals surface area contributed by atoms with E-state index in [1.807, 2.05) is 32.6 Å². The average molecular weight is 424 g/mol. The molecule has 0 unspecified atom stereocenters. The summed E-state index contributed by atoms with van der Waals surface area (Å²) < 4.78 is 17.7. The van der Waals surface area contributed by atoms with Gasteiger partial charge in [-0.1, -0.05) is 0 Å². The Morgan fingerprint density at radius 3 is 2.52 bits per heavy atom. The molecule has 7 nitrogen and oxygen atoms in total. The van der Waals surface area contributed by atoms with Crippen LogP contribution in [-0.2, 0) is 14.1 Å². The molecule has 2 aliphatic heterocycles. The molecule has 1 aromatic heterocycles. The number of carbonyl (C=O) groups excluding carboxylic acids is 1. The molecule has 0 aromatic carbocycles. The number of halogens is 1. The Balaban J connectivity index is 1.46. The first-order chi connectivity index (χ1) is 13.7. The number of piperidine rings is 1. The van der Waals surface area contributed by atoms with E-state index in [-0.39, 0.29) is 17.8 Å². The van der Waals surface area contributed by atoms with Crippen LogP contribution in [0, 0.1) is 0 Å². The van der Waals surface area contributed by atoms with E-state index >= 15 is 0 Å². The van der Waals surface area contributed by atoms with Gasteiger partial charge in [0.05, 0.1) is 17.8 Å². The lowest BCUT2D eigenvalue weighted by Crippen LogP contribution is -2.44. The highest BCUT2D eigenvalue weighted by Gasteiger charge is 2.51. The van der Waals surface area contributed by atoms with Gasteiger partial charge in [-0.15, -0.1) is 11.6 Å². The van der Waals surface area contributed by atoms with Gasteiger partial charge >= 0.3 is 13.1 Å². The number of rotatable bonds is 7. The molecule has 0 saturated carbocycles. The number of ether oxygens (including phenoxy) is 1. The molecule has 29 heavy (non-hydrogen) atoms. The summed E-state index contributed by atoms with van der Waals surface area (Å²) >= 11 is 5.73. The van der Waals surface area contributed by atoms with Gasteiger partial charge in [0.25, 0.3) is 0 Å². The van der Waals surface area contributed by atoms with Crippen molar-refractivity contribution in [2.75, 3.05) is 19.0 Å². The average Bonchev–Trinajstić information content (AvgIpc) is 2.92. The second-order valence-electron chi connectivity index (χ2n) is 8.75. The van der Waals surface area contributed by atoms with E-state index in [4.69, 9.17) is 25.6 Å². The van der Waals surface area contributed by atoms with Crippen LogP contribution in [0.3, 0.4) is 0 Å². The summed E-state index contributed by atoms with van der Waals surface area (Å²) in [6.45, 7) is 9.37. The van der Waals surface area contributed by atoms with Gasteiger partial charge in [0.15, 0.2) is 0 Å². The molecule has 9 heteroatoms. The van der Waals surface area contributed by atoms with Crippen LogP contribution in [0.5, 0.6) is 6.01 Å². The second-order valence-corrected chi connectivity index (χ2v) is 9.02. The van der Waals surface area contributed by atoms with Crippen molar-refractivity contribution in [2.45, 2.75) is 77.0 Å². The first-order valence-electron chi connectivity index (χ1n) is 10.4. The van der Waals surface area contributed by atoms with Crippen molar-refractivity contribution >= 4 is 30.1 Å². The maximum Gasteiger partial charge on any atom is 0.498 e. The van der Waals surface area contributed by atoms with Crippen molar-refractivity contribution in [1.82, 2.24) is 14.9 Å². The van der Waals surface area contributed by atoms with Gasteiger partial charge in [-0.25, -0.2) is 9.97 Å². The smallest absolute Gasteiger partial charge is 0.463 e. The number of aromatic nitrogens is 2. The van der Waals surface area contributed by atoms with Crippen LogP contribution in [0.4, 0.5) is 0 Å². The normalized spacial score (nSPS) is 23.3. The zero-order valence-electron chi connectivity index (χ0n) is 17.8. The summed E-state index contributed by atoms with van der Waals surface area (Å²) in [7, 11) is -0.481. The maximum absolute atomic E-state index is 12.0. The molecule has 2 aliphatic rings. The highest BCUT2D eigenvalue weighted by atomic mass is 35.5. The van der Waals surface area contributed by atoms with Crippen LogP contribution in [0.25, 0.3) is 0 Å². The second kappa shape index (κ2) is 9.19. The number of amides is 1. The number of likely N-dealkylation sites (tertiary alicyclic amines) is 1. The van der Waals surface area contributed by atoms with Crippen LogP contribution in [-0.4, -0.2) is 64.2 Å². The molecule has 2 saturated heterocycles. The summed E-state index contributed by atoms with van der Waals surface area (Å²) in [6, 6.07) is 0.591. The molecule has 2 fully saturated rings. The molecule has 3 rings (SSSR count). The molecule has 160 valence electrons. The SMILES string of the molecule is CC1(C)OB(c2cnc(OCCC[C@H]3CCCCN3C(=O)CCl)nc2)OC1(C)C. The van der Waals surface area contributed by atoms with Crippen molar-refractivity contribution in [3.63, 3.8) is 0 Å². The fourth-order valence-electron chi connectivity index (χ4n) is 3.69. The van der Waals surface area contributed by atoms with Crippen LogP contribution in [0.2, 0.25) is 0 Å². The van der Waals surface area contributed by atoms with E-state index in [0.29, 0.717) is 12.6 Å². The number of nitrogens with zero attached hydrogens (tertiary/aromatic N) is 3. The maximum atomic E-state index is 12.0. The third-order valence-electron chi connectivity index (χ3n) is 6.15. The lowest BCUT2D eigenvalue weighted by Gasteiger charge is -2.35. The van der Waals surface area contributed by atoms with Crippen molar-refractivity contribution in [3.05, 3.63) is 12.4 Å². The monoisotopic (exact) mass is 423 g/mol. The van der Waals surface area contributed by atoms with Gasteiger partial charge in [0, 0.05) is 30.4 Å². The lowest BCUT2D eigenvalue weighted by molar-refractivity contribution is -0.132. The molecular formula is C20H31BClN3O4. The molecular weight excluding hydrogens is 393 g/mol. The summed E-state index contributed by atoms with van der Waals surface area (Å²) in [5, 5.41) is 0. The third-order valence-corrected chi connectivity index (χ3v) is 6.38. The minimum Gasteiger partial charge on any atom is -0.463 e. The number of hydrogen-bond acceptors (Lipinski definition) is 6. The Hall–Kier alpha value is -1.38. The van der Waals surface area contributed by atoms with Crippen molar-refractivity contribution in [2.24, 2.45) is 0 Å². The number of hydrogen-bond donors (Lipinski definition) is 0. The Kier molecular flexibility index (Phi) is 7.07.